The molecule has 1 rings (SSSR count). The summed E-state index contributed by atoms with van der Waals surface area (Å²) in [5.41, 5.74) is -0.745. The number of hydrogen-bond acceptors (Lipinski definition) is 3. The minimum Gasteiger partial charge on any atom is -0.388 e. The van der Waals surface area contributed by atoms with Crippen LogP contribution in [0.4, 0.5) is 0 Å². The van der Waals surface area contributed by atoms with E-state index in [1.807, 2.05) is 25.1 Å². The Hall–Kier alpha value is -0.870. The molecular formula is C12H22N2O2. The van der Waals surface area contributed by atoms with Crippen LogP contribution in [0.1, 0.15) is 26.2 Å². The molecule has 0 radical (unpaired) electrons. The fourth-order valence-electron chi connectivity index (χ4n) is 1.97. The van der Waals surface area contributed by atoms with Crippen molar-refractivity contribution in [1.82, 2.24) is 10.2 Å². The first kappa shape index (κ1) is 13.2. The zero-order valence-corrected chi connectivity index (χ0v) is 10.4. The number of hydrogen-bond donors (Lipinski definition) is 2. The Balaban J connectivity index is 2.37. The van der Waals surface area contributed by atoms with Gasteiger partial charge in [-0.1, -0.05) is 6.08 Å². The van der Waals surface area contributed by atoms with Crippen molar-refractivity contribution < 1.29 is 9.90 Å². The largest absolute Gasteiger partial charge is 0.388 e. The van der Waals surface area contributed by atoms with E-state index in [1.165, 1.54) is 6.08 Å². The van der Waals surface area contributed by atoms with Crippen molar-refractivity contribution in [3.05, 3.63) is 12.2 Å². The van der Waals surface area contributed by atoms with Crippen molar-refractivity contribution in [3.63, 3.8) is 0 Å². The van der Waals surface area contributed by atoms with Crippen molar-refractivity contribution in [2.75, 3.05) is 20.6 Å². The van der Waals surface area contributed by atoms with Gasteiger partial charge in [-0.2, -0.15) is 0 Å². The van der Waals surface area contributed by atoms with E-state index in [-0.39, 0.29) is 11.9 Å². The maximum atomic E-state index is 11.5. The molecular weight excluding hydrogens is 204 g/mol. The average molecular weight is 226 g/mol. The summed E-state index contributed by atoms with van der Waals surface area (Å²) >= 11 is 0. The predicted octanol–water partition coefficient (Wildman–Crippen LogP) is 0.524. The molecule has 1 aliphatic rings. The second-order valence-electron chi connectivity index (χ2n) is 4.98. The number of carbonyl (C=O) groups excluding carboxylic acids is 1. The second kappa shape index (κ2) is 5.46. The lowest BCUT2D eigenvalue weighted by molar-refractivity contribution is -0.118. The molecule has 2 N–H and O–H groups in total. The topological polar surface area (TPSA) is 52.6 Å². The zero-order valence-electron chi connectivity index (χ0n) is 10.4. The monoisotopic (exact) mass is 226 g/mol. The highest BCUT2D eigenvalue weighted by Crippen LogP contribution is 2.29. The third kappa shape index (κ3) is 3.94. The van der Waals surface area contributed by atoms with Crippen LogP contribution in [-0.4, -0.2) is 48.2 Å². The molecule has 2 unspecified atom stereocenters. The summed E-state index contributed by atoms with van der Waals surface area (Å²) in [6, 6.07) is -0.107. The number of rotatable bonds is 4. The van der Waals surface area contributed by atoms with Crippen LogP contribution < -0.4 is 5.32 Å². The van der Waals surface area contributed by atoms with Crippen LogP contribution >= 0.6 is 0 Å². The van der Waals surface area contributed by atoms with Gasteiger partial charge in [0.1, 0.15) is 0 Å². The first-order valence-corrected chi connectivity index (χ1v) is 5.76. The molecule has 0 aliphatic heterocycles. The Morgan fingerprint density at radius 2 is 2.31 bits per heavy atom. The normalized spacial score (nSPS) is 30.2. The third-order valence-corrected chi connectivity index (χ3v) is 2.98. The molecule has 0 heterocycles. The molecule has 4 heteroatoms. The van der Waals surface area contributed by atoms with Gasteiger partial charge in [-0.3, -0.25) is 4.79 Å². The molecule has 0 aromatic carbocycles. The maximum Gasteiger partial charge on any atom is 0.244 e. The lowest BCUT2D eigenvalue weighted by atomic mass is 10.0. The Bertz CT molecular complexity index is 272. The molecule has 16 heavy (non-hydrogen) atoms. The summed E-state index contributed by atoms with van der Waals surface area (Å²) in [5, 5.41) is 12.8. The number of likely N-dealkylation sites (N-methyl/N-ethyl adjacent to an activating group) is 1. The summed E-state index contributed by atoms with van der Waals surface area (Å²) in [6.45, 7) is 2.53. The number of carbonyl (C=O) groups is 1. The molecule has 2 atom stereocenters. The third-order valence-electron chi connectivity index (χ3n) is 2.98. The van der Waals surface area contributed by atoms with Crippen molar-refractivity contribution in [3.8, 4) is 0 Å². The van der Waals surface area contributed by atoms with Crippen LogP contribution in [0.2, 0.25) is 0 Å². The van der Waals surface area contributed by atoms with Crippen molar-refractivity contribution in [2.24, 2.45) is 0 Å². The molecule has 1 amide bonds. The van der Waals surface area contributed by atoms with Crippen LogP contribution in [0.3, 0.4) is 0 Å². The van der Waals surface area contributed by atoms with Crippen LogP contribution in [0.5, 0.6) is 0 Å². The number of nitrogens with zero attached hydrogens (tertiary/aromatic N) is 1. The molecule has 1 saturated carbocycles. The Morgan fingerprint density at radius 1 is 1.62 bits per heavy atom. The molecule has 0 aromatic heterocycles. The van der Waals surface area contributed by atoms with E-state index in [2.05, 4.69) is 5.32 Å². The zero-order chi connectivity index (χ0) is 12.2. The molecule has 1 fully saturated rings. The van der Waals surface area contributed by atoms with Gasteiger partial charge in [0.05, 0.1) is 11.6 Å². The number of nitrogens with one attached hydrogen (secondary N) is 1. The Kier molecular flexibility index (Phi) is 4.50. The van der Waals surface area contributed by atoms with Gasteiger partial charge in [0, 0.05) is 12.6 Å². The second-order valence-corrected chi connectivity index (χ2v) is 4.98. The summed E-state index contributed by atoms with van der Waals surface area (Å²) in [4.78, 5) is 13.5. The van der Waals surface area contributed by atoms with Gasteiger partial charge in [-0.15, -0.1) is 0 Å². The Morgan fingerprint density at radius 3 is 2.81 bits per heavy atom. The summed E-state index contributed by atoms with van der Waals surface area (Å²) in [5.74, 6) is -0.117. The molecule has 0 saturated heterocycles. The standard InChI is InChI=1S/C12H22N2O2/c1-12(16)8-4-6-10(12)13-11(15)7-5-9-14(2)3/h5,7,10,16H,4,6,8-9H2,1-3H3,(H,13,15)/b7-5+. The SMILES string of the molecule is CN(C)C/C=C/C(=O)NC1CCCC1(C)O. The molecule has 4 nitrogen and oxygen atoms in total. The lowest BCUT2D eigenvalue weighted by Gasteiger charge is -2.25. The first-order chi connectivity index (χ1) is 7.42. The quantitative estimate of drug-likeness (QED) is 0.687. The van der Waals surface area contributed by atoms with Crippen LogP contribution in [-0.2, 0) is 4.79 Å². The first-order valence-electron chi connectivity index (χ1n) is 5.76. The highest BCUT2D eigenvalue weighted by Gasteiger charge is 2.37. The highest BCUT2D eigenvalue weighted by molar-refractivity contribution is 5.87. The van der Waals surface area contributed by atoms with Crippen LogP contribution in [0.15, 0.2) is 12.2 Å². The fraction of sp³-hybridized carbons (Fsp3) is 0.750. The minimum absolute atomic E-state index is 0.107. The average Bonchev–Trinajstić information content (AvgIpc) is 2.45. The minimum atomic E-state index is -0.745. The van der Waals surface area contributed by atoms with Crippen molar-refractivity contribution in [2.45, 2.75) is 37.8 Å². The number of amides is 1. The lowest BCUT2D eigenvalue weighted by Crippen LogP contribution is -2.46. The van der Waals surface area contributed by atoms with E-state index in [1.54, 1.807) is 6.92 Å². The van der Waals surface area contributed by atoms with E-state index in [0.29, 0.717) is 0 Å². The van der Waals surface area contributed by atoms with Gasteiger partial charge >= 0.3 is 0 Å². The Labute approximate surface area is 97.3 Å². The smallest absolute Gasteiger partial charge is 0.244 e. The van der Waals surface area contributed by atoms with E-state index < -0.39 is 5.60 Å². The van der Waals surface area contributed by atoms with E-state index >= 15 is 0 Å². The van der Waals surface area contributed by atoms with Gasteiger partial charge in [0.15, 0.2) is 0 Å². The van der Waals surface area contributed by atoms with Gasteiger partial charge in [0.2, 0.25) is 5.91 Å². The summed E-state index contributed by atoms with van der Waals surface area (Å²) < 4.78 is 0. The highest BCUT2D eigenvalue weighted by atomic mass is 16.3. The van der Waals surface area contributed by atoms with Crippen LogP contribution in [0, 0.1) is 0 Å². The van der Waals surface area contributed by atoms with Gasteiger partial charge < -0.3 is 15.3 Å². The molecule has 92 valence electrons. The van der Waals surface area contributed by atoms with Gasteiger partial charge in [-0.25, -0.2) is 0 Å². The summed E-state index contributed by atoms with van der Waals surface area (Å²) in [6.07, 6.45) is 5.95. The van der Waals surface area contributed by atoms with E-state index in [4.69, 9.17) is 0 Å². The van der Waals surface area contributed by atoms with Crippen molar-refractivity contribution in [1.29, 1.82) is 0 Å². The van der Waals surface area contributed by atoms with E-state index in [0.717, 1.165) is 25.8 Å². The van der Waals surface area contributed by atoms with Crippen LogP contribution in [0.25, 0.3) is 0 Å². The summed E-state index contributed by atoms with van der Waals surface area (Å²) in [7, 11) is 3.90. The van der Waals surface area contributed by atoms with Crippen molar-refractivity contribution >= 4 is 5.91 Å². The molecule has 0 spiro atoms. The van der Waals surface area contributed by atoms with Gasteiger partial charge in [-0.05, 0) is 40.3 Å². The molecule has 1 aliphatic carbocycles. The predicted molar refractivity (Wildman–Crippen MR) is 64.1 cm³/mol. The fourth-order valence-corrected chi connectivity index (χ4v) is 1.97. The van der Waals surface area contributed by atoms with Gasteiger partial charge in [0.25, 0.3) is 0 Å². The maximum absolute atomic E-state index is 11.5. The molecule has 0 aromatic rings. The number of aliphatic hydroxyl groups is 1. The molecule has 0 bridgehead atoms. The van der Waals surface area contributed by atoms with E-state index in [9.17, 15) is 9.90 Å².